The van der Waals surface area contributed by atoms with Crippen molar-refractivity contribution in [1.29, 1.82) is 0 Å². The molecule has 3 N–H and O–H groups in total. The van der Waals surface area contributed by atoms with Crippen molar-refractivity contribution in [1.82, 2.24) is 0 Å². The van der Waals surface area contributed by atoms with Crippen LogP contribution in [0.1, 0.15) is 155 Å². The van der Waals surface area contributed by atoms with Crippen molar-refractivity contribution in [3.05, 3.63) is 60.8 Å². The summed E-state index contributed by atoms with van der Waals surface area (Å²) in [6.07, 6.45) is 40.6. The van der Waals surface area contributed by atoms with E-state index in [1.165, 1.54) is 64.2 Å². The van der Waals surface area contributed by atoms with E-state index in [1.807, 2.05) is 6.08 Å². The summed E-state index contributed by atoms with van der Waals surface area (Å²) in [4.78, 5) is 34.8. The molecule has 10 nitrogen and oxygen atoms in total. The minimum atomic E-state index is -4.63. The number of aliphatic hydroxyl groups excluding tert-OH is 2. The molecule has 3 atom stereocenters. The van der Waals surface area contributed by atoms with E-state index in [4.69, 9.17) is 19.1 Å². The van der Waals surface area contributed by atoms with E-state index in [2.05, 4.69) is 73.1 Å². The van der Waals surface area contributed by atoms with Gasteiger partial charge < -0.3 is 24.6 Å². The topological polar surface area (TPSA) is 149 Å². The number of hydrogen-bond acceptors (Lipinski definition) is 9. The molecule has 0 spiro atoms. The van der Waals surface area contributed by atoms with Gasteiger partial charge in [0.1, 0.15) is 12.7 Å². The lowest BCUT2D eigenvalue weighted by atomic mass is 10.1. The second kappa shape index (κ2) is 38.0. The summed E-state index contributed by atoms with van der Waals surface area (Å²) in [7, 11) is -4.63. The Kier molecular flexibility index (Phi) is 36.3. The van der Waals surface area contributed by atoms with Crippen molar-refractivity contribution in [2.45, 2.75) is 167 Å². The van der Waals surface area contributed by atoms with Gasteiger partial charge in [-0.1, -0.05) is 139 Å². The van der Waals surface area contributed by atoms with E-state index in [9.17, 15) is 24.2 Å². The third-order valence-electron chi connectivity index (χ3n) is 8.17. The minimum absolute atomic E-state index is 0.0898. The Labute approximate surface area is 321 Å². The van der Waals surface area contributed by atoms with E-state index in [-0.39, 0.29) is 19.4 Å². The molecule has 0 fully saturated rings. The summed E-state index contributed by atoms with van der Waals surface area (Å²) in [5.74, 6) is -1.03. The molecule has 0 amide bonds. The molecule has 11 heteroatoms. The summed E-state index contributed by atoms with van der Waals surface area (Å²) in [5.41, 5.74) is 0. The highest BCUT2D eigenvalue weighted by Crippen LogP contribution is 2.43. The molecule has 1 unspecified atom stereocenters. The Hall–Kier alpha value is -2.33. The minimum Gasteiger partial charge on any atom is -0.462 e. The fraction of sp³-hybridized carbons (Fsp3) is 0.714. The number of esters is 2. The van der Waals surface area contributed by atoms with Crippen LogP contribution in [0.25, 0.3) is 0 Å². The molecule has 0 aliphatic carbocycles. The van der Waals surface area contributed by atoms with Gasteiger partial charge in [0.05, 0.1) is 19.8 Å². The van der Waals surface area contributed by atoms with E-state index in [0.717, 1.165) is 51.4 Å². The first-order valence-corrected chi connectivity index (χ1v) is 21.7. The quantitative estimate of drug-likeness (QED) is 0.0241. The SMILES string of the molecule is CC/C=C/C/C=C/C/C=C/C/C=C/CCCCC(=O)OC[C@H](COP(=O)(O)OC[C@@H](O)CO)OC(=O)CC/C=C/CCCCCCCCCCCCC. The van der Waals surface area contributed by atoms with Crippen molar-refractivity contribution in [2.75, 3.05) is 26.4 Å². The molecule has 0 radical (unpaired) electrons. The van der Waals surface area contributed by atoms with Gasteiger partial charge in [0.15, 0.2) is 6.10 Å². The highest BCUT2D eigenvalue weighted by Gasteiger charge is 2.27. The Bertz CT molecular complexity index is 1070. The van der Waals surface area contributed by atoms with Crippen LogP contribution in [-0.4, -0.2) is 65.7 Å². The van der Waals surface area contributed by atoms with Gasteiger partial charge in [-0.15, -0.1) is 0 Å². The third-order valence-corrected chi connectivity index (χ3v) is 9.12. The highest BCUT2D eigenvalue weighted by atomic mass is 31.2. The Balaban J connectivity index is 4.46. The molecule has 53 heavy (non-hydrogen) atoms. The number of carbonyl (C=O) groups is 2. The van der Waals surface area contributed by atoms with Gasteiger partial charge in [0, 0.05) is 12.8 Å². The summed E-state index contributed by atoms with van der Waals surface area (Å²) in [6, 6.07) is 0. The van der Waals surface area contributed by atoms with Crippen molar-refractivity contribution in [3.8, 4) is 0 Å². The molecule has 0 saturated heterocycles. The van der Waals surface area contributed by atoms with Gasteiger partial charge in [0.2, 0.25) is 0 Å². The maximum Gasteiger partial charge on any atom is 0.472 e. The smallest absolute Gasteiger partial charge is 0.462 e. The highest BCUT2D eigenvalue weighted by molar-refractivity contribution is 7.47. The molecule has 0 rings (SSSR count). The number of hydrogen-bond donors (Lipinski definition) is 3. The summed E-state index contributed by atoms with van der Waals surface area (Å²) in [6.45, 7) is 2.16. The van der Waals surface area contributed by atoms with Gasteiger partial charge in [-0.3, -0.25) is 18.6 Å². The van der Waals surface area contributed by atoms with Crippen LogP contribution >= 0.6 is 7.82 Å². The fourth-order valence-electron chi connectivity index (χ4n) is 5.06. The van der Waals surface area contributed by atoms with Crippen molar-refractivity contribution in [2.24, 2.45) is 0 Å². The maximum atomic E-state index is 12.5. The Morgan fingerprint density at radius 2 is 1.08 bits per heavy atom. The zero-order valence-electron chi connectivity index (χ0n) is 33.0. The number of rotatable bonds is 37. The van der Waals surface area contributed by atoms with Gasteiger partial charge in [-0.2, -0.15) is 0 Å². The molecule has 306 valence electrons. The molecule has 0 aromatic rings. The molecule has 0 aromatic heterocycles. The van der Waals surface area contributed by atoms with Crippen LogP contribution in [0.15, 0.2) is 60.8 Å². The number of unbranched alkanes of at least 4 members (excludes halogenated alkanes) is 13. The average molecular weight is 769 g/mol. The van der Waals surface area contributed by atoms with Gasteiger partial charge in [-0.25, -0.2) is 4.57 Å². The standard InChI is InChI=1S/C42H73O10P/c1-3-5-7-9-11-13-15-17-19-21-23-25-27-29-31-33-41(45)49-37-40(38-51-53(47,48)50-36-39(44)35-43)52-42(46)34-32-30-28-26-24-22-20-18-16-14-12-10-8-6-4-2/h5,7,11,13,17,19,23,25,28,30,39-40,43-44H,3-4,6,8-10,12,14-16,18,20-22,24,26-27,29,31-38H2,1-2H3,(H,47,48)/b7-5+,13-11+,19-17+,25-23+,30-28+/t39-,40+/m0/s1. The van der Waals surface area contributed by atoms with Crippen molar-refractivity contribution in [3.63, 3.8) is 0 Å². The van der Waals surface area contributed by atoms with Crippen LogP contribution < -0.4 is 0 Å². The largest absolute Gasteiger partial charge is 0.472 e. The van der Waals surface area contributed by atoms with Crippen molar-refractivity contribution >= 4 is 19.8 Å². The lowest BCUT2D eigenvalue weighted by Gasteiger charge is -2.20. The van der Waals surface area contributed by atoms with Crippen LogP contribution in [0.4, 0.5) is 0 Å². The monoisotopic (exact) mass is 768 g/mol. The molecule has 0 aromatic carbocycles. The van der Waals surface area contributed by atoms with Crippen LogP contribution in [0.2, 0.25) is 0 Å². The first-order valence-electron chi connectivity index (χ1n) is 20.2. The number of allylic oxidation sites excluding steroid dienone is 10. The fourth-order valence-corrected chi connectivity index (χ4v) is 5.85. The summed E-state index contributed by atoms with van der Waals surface area (Å²) < 4.78 is 32.5. The van der Waals surface area contributed by atoms with Crippen LogP contribution in [-0.2, 0) is 32.7 Å². The van der Waals surface area contributed by atoms with Crippen LogP contribution in [0.5, 0.6) is 0 Å². The van der Waals surface area contributed by atoms with E-state index in [0.29, 0.717) is 12.8 Å². The molecule has 0 bridgehead atoms. The summed E-state index contributed by atoms with van der Waals surface area (Å²) >= 11 is 0. The molecule has 0 heterocycles. The predicted octanol–water partition coefficient (Wildman–Crippen LogP) is 10.3. The molecule has 0 aliphatic heterocycles. The third kappa shape index (κ3) is 37.8. The average Bonchev–Trinajstić information content (AvgIpc) is 3.14. The Morgan fingerprint density at radius 3 is 1.66 bits per heavy atom. The first kappa shape index (κ1) is 50.7. The summed E-state index contributed by atoms with van der Waals surface area (Å²) in [5, 5.41) is 18.3. The number of aliphatic hydroxyl groups is 2. The van der Waals surface area contributed by atoms with E-state index >= 15 is 0 Å². The zero-order valence-corrected chi connectivity index (χ0v) is 33.9. The van der Waals surface area contributed by atoms with Gasteiger partial charge >= 0.3 is 19.8 Å². The Morgan fingerprint density at radius 1 is 0.585 bits per heavy atom. The first-order chi connectivity index (χ1) is 25.7. The second-order valence-corrected chi connectivity index (χ2v) is 14.7. The molecular formula is C42H73O10P. The predicted molar refractivity (Wildman–Crippen MR) is 214 cm³/mol. The van der Waals surface area contributed by atoms with Gasteiger partial charge in [0.25, 0.3) is 0 Å². The number of phosphoric acid groups is 1. The van der Waals surface area contributed by atoms with Gasteiger partial charge in [-0.05, 0) is 64.2 Å². The lowest BCUT2D eigenvalue weighted by Crippen LogP contribution is -2.29. The number of phosphoric ester groups is 1. The normalized spacial score (nSPS) is 14.6. The molecule has 0 saturated carbocycles. The number of ether oxygens (including phenoxy) is 2. The van der Waals surface area contributed by atoms with E-state index < -0.39 is 51.8 Å². The van der Waals surface area contributed by atoms with Crippen LogP contribution in [0.3, 0.4) is 0 Å². The van der Waals surface area contributed by atoms with E-state index in [1.54, 1.807) is 0 Å². The lowest BCUT2D eigenvalue weighted by molar-refractivity contribution is -0.161. The van der Waals surface area contributed by atoms with Crippen LogP contribution in [0, 0.1) is 0 Å². The molecular weight excluding hydrogens is 695 g/mol. The second-order valence-electron chi connectivity index (χ2n) is 13.3. The van der Waals surface area contributed by atoms with Crippen molar-refractivity contribution < 1.29 is 47.8 Å². The number of carbonyl (C=O) groups excluding carboxylic acids is 2. The zero-order chi connectivity index (χ0) is 39.1. The maximum absolute atomic E-state index is 12.5. The molecule has 0 aliphatic rings.